The summed E-state index contributed by atoms with van der Waals surface area (Å²) in [6.45, 7) is 5.47. The van der Waals surface area contributed by atoms with E-state index in [-0.39, 0.29) is 23.6 Å². The number of allylic oxidation sites excluding steroid dienone is 2. The van der Waals surface area contributed by atoms with Crippen LogP contribution in [0.1, 0.15) is 30.9 Å². The first-order chi connectivity index (χ1) is 11.4. The molecule has 0 saturated carbocycles. The predicted molar refractivity (Wildman–Crippen MR) is 87.7 cm³/mol. The van der Waals surface area contributed by atoms with Crippen molar-refractivity contribution < 1.29 is 19.0 Å². The molecule has 0 aromatic heterocycles. The molecule has 1 atom stereocenters. The van der Waals surface area contributed by atoms with Gasteiger partial charge in [0.1, 0.15) is 23.2 Å². The molecule has 1 aliphatic heterocycles. The summed E-state index contributed by atoms with van der Waals surface area (Å²) in [5, 5.41) is 9.51. The molecule has 0 fully saturated rings. The van der Waals surface area contributed by atoms with Crippen molar-refractivity contribution in [3.05, 3.63) is 52.1 Å². The number of ether oxygens (including phenoxy) is 3. The number of hydrogen-bond donors (Lipinski definition) is 1. The first kappa shape index (κ1) is 17.4. The van der Waals surface area contributed by atoms with Crippen molar-refractivity contribution in [2.24, 2.45) is 5.73 Å². The normalized spacial score (nSPS) is 17.2. The maximum Gasteiger partial charge on any atom is 0.338 e. The minimum atomic E-state index is -0.632. The Kier molecular flexibility index (Phi) is 5.14. The fourth-order valence-electron chi connectivity index (χ4n) is 2.77. The maximum absolute atomic E-state index is 12.4. The zero-order valence-electron chi connectivity index (χ0n) is 14.2. The SMILES string of the molecule is CCOC(=O)C1=C(C)OC(N)=C(C#N)[C@H]1c1ccc(OC)c(C)c1. The molecule has 0 saturated heterocycles. The molecule has 0 radical (unpaired) electrons. The topological polar surface area (TPSA) is 94.6 Å². The van der Waals surface area contributed by atoms with Crippen molar-refractivity contribution in [3.8, 4) is 11.8 Å². The average Bonchev–Trinajstić information content (AvgIpc) is 2.54. The number of nitrogens with zero attached hydrogens (tertiary/aromatic N) is 1. The molecule has 6 nitrogen and oxygen atoms in total. The zero-order chi connectivity index (χ0) is 17.9. The lowest BCUT2D eigenvalue weighted by molar-refractivity contribution is -0.139. The van der Waals surface area contributed by atoms with Crippen molar-refractivity contribution in [2.45, 2.75) is 26.7 Å². The second-order valence-corrected chi connectivity index (χ2v) is 5.34. The summed E-state index contributed by atoms with van der Waals surface area (Å²) in [5.74, 6) is -0.0919. The second-order valence-electron chi connectivity index (χ2n) is 5.34. The third-order valence-electron chi connectivity index (χ3n) is 3.85. The molecule has 1 heterocycles. The van der Waals surface area contributed by atoms with Gasteiger partial charge in [-0.3, -0.25) is 0 Å². The van der Waals surface area contributed by atoms with E-state index in [1.165, 1.54) is 0 Å². The van der Waals surface area contributed by atoms with Gasteiger partial charge in [0.15, 0.2) is 0 Å². The van der Waals surface area contributed by atoms with Crippen LogP contribution < -0.4 is 10.5 Å². The molecule has 24 heavy (non-hydrogen) atoms. The third-order valence-corrected chi connectivity index (χ3v) is 3.85. The number of methoxy groups -OCH3 is 1. The Hall–Kier alpha value is -2.94. The lowest BCUT2D eigenvalue weighted by Crippen LogP contribution is -2.25. The third kappa shape index (κ3) is 3.06. The molecular formula is C18H20N2O4. The zero-order valence-corrected chi connectivity index (χ0v) is 14.2. The summed E-state index contributed by atoms with van der Waals surface area (Å²) in [5.41, 5.74) is 7.97. The van der Waals surface area contributed by atoms with Gasteiger partial charge in [-0.15, -0.1) is 0 Å². The van der Waals surface area contributed by atoms with Crippen LogP contribution in [0.25, 0.3) is 0 Å². The van der Waals surface area contributed by atoms with Gasteiger partial charge in [-0.1, -0.05) is 12.1 Å². The molecule has 0 spiro atoms. The molecule has 0 unspecified atom stereocenters. The minimum Gasteiger partial charge on any atom is -0.496 e. The standard InChI is InChI=1S/C18H20N2O4/c1-5-23-18(21)15-11(3)24-17(20)13(9-19)16(15)12-6-7-14(22-4)10(2)8-12/h6-8,16H,5,20H2,1-4H3/t16-/m1/s1. The molecule has 126 valence electrons. The molecule has 2 N–H and O–H groups in total. The van der Waals surface area contributed by atoms with E-state index in [0.29, 0.717) is 5.76 Å². The van der Waals surface area contributed by atoms with Crippen LogP contribution in [0.15, 0.2) is 41.0 Å². The molecule has 2 rings (SSSR count). The van der Waals surface area contributed by atoms with E-state index in [1.54, 1.807) is 33.1 Å². The molecule has 1 aromatic carbocycles. The fraction of sp³-hybridized carbons (Fsp3) is 0.333. The van der Waals surface area contributed by atoms with E-state index in [2.05, 4.69) is 6.07 Å². The van der Waals surface area contributed by atoms with Crippen LogP contribution >= 0.6 is 0 Å². The van der Waals surface area contributed by atoms with Gasteiger partial charge in [-0.05, 0) is 38.0 Å². The van der Waals surface area contributed by atoms with E-state index < -0.39 is 11.9 Å². The van der Waals surface area contributed by atoms with Gasteiger partial charge in [0.2, 0.25) is 5.88 Å². The van der Waals surface area contributed by atoms with Gasteiger partial charge < -0.3 is 19.9 Å². The van der Waals surface area contributed by atoms with E-state index in [1.807, 2.05) is 13.0 Å². The van der Waals surface area contributed by atoms with E-state index in [0.717, 1.165) is 16.9 Å². The van der Waals surface area contributed by atoms with Crippen LogP contribution in [0.2, 0.25) is 0 Å². The Balaban J connectivity index is 2.62. The largest absolute Gasteiger partial charge is 0.496 e. The predicted octanol–water partition coefficient (Wildman–Crippen LogP) is 2.65. The number of carbonyl (C=O) groups is 1. The smallest absolute Gasteiger partial charge is 0.338 e. The van der Waals surface area contributed by atoms with Crippen molar-refractivity contribution >= 4 is 5.97 Å². The lowest BCUT2D eigenvalue weighted by Gasteiger charge is -2.27. The highest BCUT2D eigenvalue weighted by Crippen LogP contribution is 2.40. The summed E-state index contributed by atoms with van der Waals surface area (Å²) in [4.78, 5) is 12.4. The average molecular weight is 328 g/mol. The highest BCUT2D eigenvalue weighted by Gasteiger charge is 2.36. The minimum absolute atomic E-state index is 0.00141. The molecular weight excluding hydrogens is 308 g/mol. The van der Waals surface area contributed by atoms with E-state index >= 15 is 0 Å². The van der Waals surface area contributed by atoms with E-state index in [4.69, 9.17) is 19.9 Å². The molecule has 6 heteroatoms. The highest BCUT2D eigenvalue weighted by molar-refractivity contribution is 5.92. The molecule has 1 aromatic rings. The van der Waals surface area contributed by atoms with Crippen molar-refractivity contribution in [1.29, 1.82) is 5.26 Å². The Morgan fingerprint density at radius 1 is 1.42 bits per heavy atom. The Morgan fingerprint density at radius 3 is 2.67 bits per heavy atom. The van der Waals surface area contributed by atoms with Gasteiger partial charge in [0, 0.05) is 0 Å². The van der Waals surface area contributed by atoms with Gasteiger partial charge in [-0.25, -0.2) is 4.79 Å². The maximum atomic E-state index is 12.4. The first-order valence-electron chi connectivity index (χ1n) is 7.54. The summed E-state index contributed by atoms with van der Waals surface area (Å²) in [6.07, 6.45) is 0. The first-order valence-corrected chi connectivity index (χ1v) is 7.54. The molecule has 1 aliphatic rings. The number of rotatable bonds is 4. The molecule has 0 bridgehead atoms. The summed E-state index contributed by atoms with van der Waals surface area (Å²) >= 11 is 0. The summed E-state index contributed by atoms with van der Waals surface area (Å²) in [7, 11) is 1.59. The van der Waals surface area contributed by atoms with Crippen LogP contribution in [0, 0.1) is 18.3 Å². The van der Waals surface area contributed by atoms with Gasteiger partial charge in [0.25, 0.3) is 0 Å². The van der Waals surface area contributed by atoms with Gasteiger partial charge in [-0.2, -0.15) is 5.26 Å². The Labute approximate surface area is 141 Å². The quantitative estimate of drug-likeness (QED) is 0.854. The van der Waals surface area contributed by atoms with Crippen molar-refractivity contribution in [3.63, 3.8) is 0 Å². The van der Waals surface area contributed by atoms with Crippen LogP contribution in [-0.2, 0) is 14.3 Å². The number of nitrogens with two attached hydrogens (primary N) is 1. The van der Waals surface area contributed by atoms with Crippen molar-refractivity contribution in [1.82, 2.24) is 0 Å². The van der Waals surface area contributed by atoms with Crippen LogP contribution in [0.5, 0.6) is 5.75 Å². The van der Waals surface area contributed by atoms with E-state index in [9.17, 15) is 10.1 Å². The highest BCUT2D eigenvalue weighted by atomic mass is 16.5. The molecule has 0 amide bonds. The number of nitriles is 1. The number of carbonyl (C=O) groups excluding carboxylic acids is 1. The van der Waals surface area contributed by atoms with Gasteiger partial charge >= 0.3 is 5.97 Å². The Morgan fingerprint density at radius 2 is 2.12 bits per heavy atom. The monoisotopic (exact) mass is 328 g/mol. The van der Waals surface area contributed by atoms with Gasteiger partial charge in [0.05, 0.1) is 25.2 Å². The summed E-state index contributed by atoms with van der Waals surface area (Å²) < 4.78 is 15.8. The Bertz CT molecular complexity index is 772. The molecule has 0 aliphatic carbocycles. The van der Waals surface area contributed by atoms with Crippen LogP contribution in [0.4, 0.5) is 0 Å². The number of benzene rings is 1. The second kappa shape index (κ2) is 7.09. The lowest BCUT2D eigenvalue weighted by atomic mass is 9.82. The number of aryl methyl sites for hydroxylation is 1. The van der Waals surface area contributed by atoms with Crippen LogP contribution in [-0.4, -0.2) is 19.7 Å². The number of esters is 1. The van der Waals surface area contributed by atoms with Crippen molar-refractivity contribution in [2.75, 3.05) is 13.7 Å². The summed E-state index contributed by atoms with van der Waals surface area (Å²) in [6, 6.07) is 7.52. The fourth-order valence-corrected chi connectivity index (χ4v) is 2.77. The van der Waals surface area contributed by atoms with Crippen LogP contribution in [0.3, 0.4) is 0 Å². The number of hydrogen-bond acceptors (Lipinski definition) is 6.